The van der Waals surface area contributed by atoms with E-state index in [0.717, 1.165) is 5.06 Å². The largest absolute Gasteiger partial charge is 0.366 e. The van der Waals surface area contributed by atoms with E-state index in [0.29, 0.717) is 25.6 Å². The van der Waals surface area contributed by atoms with Crippen LogP contribution in [0.3, 0.4) is 0 Å². The van der Waals surface area contributed by atoms with Crippen LogP contribution < -0.4 is 5.73 Å². The second-order valence-electron chi connectivity index (χ2n) is 5.25. The third-order valence-electron chi connectivity index (χ3n) is 3.63. The molecule has 0 radical (unpaired) electrons. The van der Waals surface area contributed by atoms with E-state index in [2.05, 4.69) is 6.92 Å². The Labute approximate surface area is 126 Å². The number of carbonyl (C=O) groups is 1. The van der Waals surface area contributed by atoms with Gasteiger partial charge in [0, 0.05) is 26.7 Å². The van der Waals surface area contributed by atoms with Gasteiger partial charge in [-0.15, -0.1) is 0 Å². The first kappa shape index (κ1) is 17.9. The number of aliphatic hydroxyl groups is 1. The fourth-order valence-corrected chi connectivity index (χ4v) is 2.20. The molecule has 1 aliphatic rings. The summed E-state index contributed by atoms with van der Waals surface area (Å²) in [5, 5.41) is 10.6. The first-order chi connectivity index (χ1) is 9.90. The maximum Gasteiger partial charge on any atom is 0.344 e. The van der Waals surface area contributed by atoms with Gasteiger partial charge in [0.1, 0.15) is 6.61 Å². The number of aliphatic hydroxyl groups excluding tert-OH is 1. The zero-order valence-electron chi connectivity index (χ0n) is 13.3. The lowest BCUT2D eigenvalue weighted by molar-refractivity contribution is -0.196. The van der Waals surface area contributed by atoms with Crippen LogP contribution in [0.1, 0.15) is 20.8 Å². The zero-order chi connectivity index (χ0) is 16.0. The average Bonchev–Trinajstić information content (AvgIpc) is 2.46. The molecule has 0 saturated carbocycles. The molecule has 1 aliphatic heterocycles. The Kier molecular flexibility index (Phi) is 7.10. The summed E-state index contributed by atoms with van der Waals surface area (Å²) < 4.78 is 4.94. The first-order valence-corrected chi connectivity index (χ1v) is 7.25. The van der Waals surface area contributed by atoms with Crippen molar-refractivity contribution in [1.82, 2.24) is 9.96 Å². The number of hydroxylamine groups is 2. The fourth-order valence-electron chi connectivity index (χ4n) is 2.20. The van der Waals surface area contributed by atoms with Crippen molar-refractivity contribution in [3.05, 3.63) is 11.6 Å². The number of hydrogen-bond acceptors (Lipinski definition) is 5. The quantitative estimate of drug-likeness (QED) is 0.425. The van der Waals surface area contributed by atoms with Gasteiger partial charge in [0.15, 0.2) is 6.29 Å². The Balaban J connectivity index is 2.60. The van der Waals surface area contributed by atoms with E-state index < -0.39 is 6.29 Å². The van der Waals surface area contributed by atoms with Crippen molar-refractivity contribution in [2.45, 2.75) is 33.1 Å². The van der Waals surface area contributed by atoms with Crippen LogP contribution in [0.5, 0.6) is 0 Å². The molecule has 122 valence electrons. The smallest absolute Gasteiger partial charge is 0.344 e. The third-order valence-corrected chi connectivity index (χ3v) is 3.63. The highest BCUT2D eigenvalue weighted by atomic mass is 16.7. The Morgan fingerprint density at radius 2 is 2.33 bits per heavy atom. The van der Waals surface area contributed by atoms with E-state index in [1.54, 1.807) is 11.8 Å². The number of nitrogens with two attached hydrogens (primary N) is 1. The Morgan fingerprint density at radius 3 is 2.90 bits per heavy atom. The molecule has 1 heterocycles. The molecule has 0 aromatic rings. The predicted molar refractivity (Wildman–Crippen MR) is 79.2 cm³/mol. The molecule has 0 spiro atoms. The van der Waals surface area contributed by atoms with E-state index in [-0.39, 0.29) is 18.7 Å². The topological polar surface area (TPSA) is 88.3 Å². The van der Waals surface area contributed by atoms with Crippen molar-refractivity contribution in [2.24, 2.45) is 11.7 Å². The average molecular weight is 301 g/mol. The van der Waals surface area contributed by atoms with Gasteiger partial charge in [-0.2, -0.15) is 0 Å². The molecule has 0 fully saturated rings. The Hall–Kier alpha value is -1.15. The van der Waals surface area contributed by atoms with Gasteiger partial charge < -0.3 is 20.5 Å². The van der Waals surface area contributed by atoms with Gasteiger partial charge >= 0.3 is 6.03 Å². The van der Waals surface area contributed by atoms with Crippen LogP contribution in [0.4, 0.5) is 4.79 Å². The predicted octanol–water partition coefficient (Wildman–Crippen LogP) is 0.550. The molecule has 2 unspecified atom stereocenters. The molecule has 2 amide bonds. The van der Waals surface area contributed by atoms with Crippen molar-refractivity contribution in [1.29, 1.82) is 0 Å². The summed E-state index contributed by atoms with van der Waals surface area (Å²) >= 11 is 0. The molecule has 3 N–H and O–H groups in total. The van der Waals surface area contributed by atoms with E-state index in [1.807, 2.05) is 13.0 Å². The van der Waals surface area contributed by atoms with Gasteiger partial charge in [0.05, 0.1) is 6.04 Å². The molecule has 0 bridgehead atoms. The number of carbonyl (C=O) groups excluding carboxylic acids is 1. The van der Waals surface area contributed by atoms with E-state index in [9.17, 15) is 9.90 Å². The van der Waals surface area contributed by atoms with Gasteiger partial charge in [0.25, 0.3) is 0 Å². The molecular formula is C14H27N3O4. The van der Waals surface area contributed by atoms with Gasteiger partial charge in [-0.3, -0.25) is 4.84 Å². The lowest BCUT2D eigenvalue weighted by Crippen LogP contribution is -2.52. The summed E-state index contributed by atoms with van der Waals surface area (Å²) in [5.41, 5.74) is 6.98. The van der Waals surface area contributed by atoms with Crippen LogP contribution in [0.2, 0.25) is 0 Å². The van der Waals surface area contributed by atoms with Crippen molar-refractivity contribution in [3.63, 3.8) is 0 Å². The molecular weight excluding hydrogens is 274 g/mol. The van der Waals surface area contributed by atoms with E-state index in [4.69, 9.17) is 15.3 Å². The van der Waals surface area contributed by atoms with Crippen molar-refractivity contribution in [3.8, 4) is 0 Å². The van der Waals surface area contributed by atoms with Crippen LogP contribution in [0.25, 0.3) is 0 Å². The number of ether oxygens (including phenoxy) is 1. The van der Waals surface area contributed by atoms with Crippen molar-refractivity contribution in [2.75, 3.05) is 33.4 Å². The minimum atomic E-state index is -1.04. The Bertz CT molecular complexity index is 375. The summed E-state index contributed by atoms with van der Waals surface area (Å²) in [7, 11) is 1.52. The molecule has 0 aliphatic carbocycles. The van der Waals surface area contributed by atoms with Crippen LogP contribution in [-0.4, -0.2) is 66.8 Å². The second-order valence-corrected chi connectivity index (χ2v) is 5.25. The third kappa shape index (κ3) is 4.96. The van der Waals surface area contributed by atoms with Crippen molar-refractivity contribution < 1.29 is 19.5 Å². The van der Waals surface area contributed by atoms with Crippen LogP contribution in [0, 0.1) is 5.92 Å². The highest BCUT2D eigenvalue weighted by Gasteiger charge is 2.30. The number of amides is 2. The summed E-state index contributed by atoms with van der Waals surface area (Å²) in [4.78, 5) is 19.3. The Morgan fingerprint density at radius 1 is 1.67 bits per heavy atom. The second kappa shape index (κ2) is 8.33. The highest BCUT2D eigenvalue weighted by molar-refractivity contribution is 5.74. The highest BCUT2D eigenvalue weighted by Crippen LogP contribution is 2.22. The van der Waals surface area contributed by atoms with E-state index in [1.165, 1.54) is 12.6 Å². The van der Waals surface area contributed by atoms with Gasteiger partial charge in [-0.1, -0.05) is 18.6 Å². The lowest BCUT2D eigenvalue weighted by Gasteiger charge is -2.38. The molecule has 7 heteroatoms. The van der Waals surface area contributed by atoms with Gasteiger partial charge in [-0.05, 0) is 19.8 Å². The summed E-state index contributed by atoms with van der Waals surface area (Å²) in [5.74, 6) is 0.291. The fraction of sp³-hybridized carbons (Fsp3) is 0.786. The number of nitrogens with zero attached hydrogens (tertiary/aromatic N) is 2. The van der Waals surface area contributed by atoms with Crippen molar-refractivity contribution >= 4 is 6.03 Å². The monoisotopic (exact) mass is 301 g/mol. The SMILES string of the molecule is CCOC(O)CON(C)C(=O)N1C[C@H](C)C(C)=CC1CN. The normalized spacial score (nSPS) is 23.7. The summed E-state index contributed by atoms with van der Waals surface area (Å²) in [6.45, 7) is 7.14. The molecule has 3 atom stereocenters. The van der Waals surface area contributed by atoms with Crippen LogP contribution >= 0.6 is 0 Å². The first-order valence-electron chi connectivity index (χ1n) is 7.25. The minimum absolute atomic E-state index is 0.0956. The van der Waals surface area contributed by atoms with E-state index >= 15 is 0 Å². The number of urea groups is 1. The van der Waals surface area contributed by atoms with Crippen LogP contribution in [0.15, 0.2) is 11.6 Å². The zero-order valence-corrected chi connectivity index (χ0v) is 13.3. The molecule has 21 heavy (non-hydrogen) atoms. The lowest BCUT2D eigenvalue weighted by atomic mass is 9.94. The molecule has 0 aromatic carbocycles. The molecule has 7 nitrogen and oxygen atoms in total. The molecule has 1 rings (SSSR count). The van der Waals surface area contributed by atoms with Gasteiger partial charge in [-0.25, -0.2) is 9.86 Å². The number of hydrogen-bond donors (Lipinski definition) is 2. The molecule has 0 aromatic heterocycles. The number of rotatable bonds is 6. The summed E-state index contributed by atoms with van der Waals surface area (Å²) in [6.07, 6.45) is 0.979. The minimum Gasteiger partial charge on any atom is -0.366 e. The summed E-state index contributed by atoms with van der Waals surface area (Å²) in [6, 6.07) is -0.402. The standard InChI is InChI=1S/C14H27N3O4/c1-5-20-13(18)9-21-16(4)14(19)17-8-11(3)10(2)6-12(17)7-15/h6,11-13,18H,5,7-9,15H2,1-4H3/t11-,12?,13?/m0/s1. The maximum atomic E-state index is 12.4. The van der Waals surface area contributed by atoms with Crippen LogP contribution in [-0.2, 0) is 9.57 Å². The molecule has 0 saturated heterocycles. The maximum absolute atomic E-state index is 12.4. The van der Waals surface area contributed by atoms with Gasteiger partial charge in [0.2, 0.25) is 0 Å².